The van der Waals surface area contributed by atoms with Crippen molar-refractivity contribution in [3.8, 4) is 0 Å². The van der Waals surface area contributed by atoms with E-state index < -0.39 is 5.97 Å². The summed E-state index contributed by atoms with van der Waals surface area (Å²) in [7, 11) is 0. The van der Waals surface area contributed by atoms with Gasteiger partial charge < -0.3 is 15.3 Å². The van der Waals surface area contributed by atoms with Crippen molar-refractivity contribution < 1.29 is 19.5 Å². The number of nitrogens with one attached hydrogen (secondary N) is 1. The highest BCUT2D eigenvalue weighted by Crippen LogP contribution is 2.11. The summed E-state index contributed by atoms with van der Waals surface area (Å²) < 4.78 is 0. The van der Waals surface area contributed by atoms with Gasteiger partial charge in [0.2, 0.25) is 11.8 Å². The minimum absolute atomic E-state index is 0.0694. The number of carbonyl (C=O) groups excluding carboxylic acids is 2. The summed E-state index contributed by atoms with van der Waals surface area (Å²) in [5.41, 5.74) is 1.83. The molecule has 0 fully saturated rings. The number of aryl methyl sites for hydroxylation is 1. The third-order valence-corrected chi connectivity index (χ3v) is 4.26. The number of amides is 2. The second-order valence-corrected chi connectivity index (χ2v) is 6.13. The standard InChI is InChI=1S/C21H24N2O4/c1-2-23(15-16-8-4-3-5-9-16)20(25)14-22-19(24)13-12-17-10-6-7-11-18(17)21(26)27/h3-11H,2,12-15H2,1H3,(H,22,24)(H,26,27). The number of rotatable bonds is 9. The molecule has 0 saturated heterocycles. The Balaban J connectivity index is 1.82. The number of carboxylic acids is 1. The molecule has 0 aliphatic heterocycles. The van der Waals surface area contributed by atoms with E-state index in [2.05, 4.69) is 5.32 Å². The molecule has 142 valence electrons. The van der Waals surface area contributed by atoms with Gasteiger partial charge in [-0.15, -0.1) is 0 Å². The van der Waals surface area contributed by atoms with Crippen molar-refractivity contribution in [1.82, 2.24) is 10.2 Å². The molecule has 27 heavy (non-hydrogen) atoms. The average molecular weight is 368 g/mol. The molecular formula is C21H24N2O4. The zero-order valence-corrected chi connectivity index (χ0v) is 15.4. The van der Waals surface area contributed by atoms with Gasteiger partial charge in [0, 0.05) is 19.5 Å². The molecule has 2 amide bonds. The molecule has 0 aliphatic rings. The van der Waals surface area contributed by atoms with E-state index in [1.54, 1.807) is 23.1 Å². The van der Waals surface area contributed by atoms with E-state index in [1.165, 1.54) is 6.07 Å². The number of carboxylic acid groups (broad SMARTS) is 1. The molecule has 0 heterocycles. The maximum absolute atomic E-state index is 12.3. The second kappa shape index (κ2) is 10.1. The lowest BCUT2D eigenvalue weighted by Crippen LogP contribution is -2.39. The van der Waals surface area contributed by atoms with E-state index in [9.17, 15) is 14.4 Å². The molecule has 0 unspecified atom stereocenters. The van der Waals surface area contributed by atoms with Gasteiger partial charge in [-0.25, -0.2) is 4.79 Å². The number of nitrogens with zero attached hydrogens (tertiary/aromatic N) is 1. The summed E-state index contributed by atoms with van der Waals surface area (Å²) >= 11 is 0. The van der Waals surface area contributed by atoms with E-state index in [-0.39, 0.29) is 30.3 Å². The van der Waals surface area contributed by atoms with Crippen LogP contribution in [0.25, 0.3) is 0 Å². The second-order valence-electron chi connectivity index (χ2n) is 6.13. The number of carbonyl (C=O) groups is 3. The van der Waals surface area contributed by atoms with Crippen molar-refractivity contribution >= 4 is 17.8 Å². The highest BCUT2D eigenvalue weighted by molar-refractivity contribution is 5.90. The van der Waals surface area contributed by atoms with Crippen molar-refractivity contribution in [1.29, 1.82) is 0 Å². The Labute approximate surface area is 158 Å². The molecular weight excluding hydrogens is 344 g/mol. The van der Waals surface area contributed by atoms with Gasteiger partial charge in [-0.3, -0.25) is 9.59 Å². The van der Waals surface area contributed by atoms with E-state index >= 15 is 0 Å². The van der Waals surface area contributed by atoms with Gasteiger partial charge in [-0.2, -0.15) is 0 Å². The summed E-state index contributed by atoms with van der Waals surface area (Å²) in [5.74, 6) is -1.44. The van der Waals surface area contributed by atoms with E-state index in [1.807, 2.05) is 37.3 Å². The average Bonchev–Trinajstić information content (AvgIpc) is 2.69. The van der Waals surface area contributed by atoms with Gasteiger partial charge in [0.25, 0.3) is 0 Å². The lowest BCUT2D eigenvalue weighted by atomic mass is 10.0. The number of benzene rings is 2. The van der Waals surface area contributed by atoms with Gasteiger partial charge in [0.05, 0.1) is 12.1 Å². The molecule has 0 bridgehead atoms. The normalized spacial score (nSPS) is 10.3. The number of aromatic carboxylic acids is 1. The molecule has 0 saturated carbocycles. The molecule has 2 aromatic rings. The Morgan fingerprint density at radius 3 is 2.33 bits per heavy atom. The molecule has 6 nitrogen and oxygen atoms in total. The number of hydrogen-bond donors (Lipinski definition) is 2. The minimum atomic E-state index is -1.01. The minimum Gasteiger partial charge on any atom is -0.478 e. The van der Waals surface area contributed by atoms with Crippen molar-refractivity contribution in [2.24, 2.45) is 0 Å². The summed E-state index contributed by atoms with van der Waals surface area (Å²) in [6.45, 7) is 2.87. The van der Waals surface area contributed by atoms with Crippen LogP contribution in [0.4, 0.5) is 0 Å². The Hall–Kier alpha value is -3.15. The largest absolute Gasteiger partial charge is 0.478 e. The SMILES string of the molecule is CCN(Cc1ccccc1)C(=O)CNC(=O)CCc1ccccc1C(=O)O. The third kappa shape index (κ3) is 6.26. The number of hydrogen-bond acceptors (Lipinski definition) is 3. The van der Waals surface area contributed by atoms with E-state index in [0.717, 1.165) is 5.56 Å². The van der Waals surface area contributed by atoms with E-state index in [4.69, 9.17) is 5.11 Å². The molecule has 0 aromatic heterocycles. The molecule has 0 aliphatic carbocycles. The highest BCUT2D eigenvalue weighted by atomic mass is 16.4. The predicted octanol–water partition coefficient (Wildman–Crippen LogP) is 2.48. The summed E-state index contributed by atoms with van der Waals surface area (Å²) in [6, 6.07) is 16.3. The first kappa shape index (κ1) is 20.2. The Morgan fingerprint density at radius 2 is 1.67 bits per heavy atom. The molecule has 0 radical (unpaired) electrons. The summed E-state index contributed by atoms with van der Waals surface area (Å²) in [4.78, 5) is 37.2. The Morgan fingerprint density at radius 1 is 1.00 bits per heavy atom. The first-order chi connectivity index (χ1) is 13.0. The van der Waals surface area contributed by atoms with Crippen LogP contribution >= 0.6 is 0 Å². The lowest BCUT2D eigenvalue weighted by molar-refractivity contribution is -0.133. The zero-order valence-electron chi connectivity index (χ0n) is 15.4. The van der Waals surface area contributed by atoms with Crippen molar-refractivity contribution in [2.45, 2.75) is 26.3 Å². The fraction of sp³-hybridized carbons (Fsp3) is 0.286. The Bertz CT molecular complexity index is 790. The van der Waals surface area contributed by atoms with Crippen LogP contribution in [0.15, 0.2) is 54.6 Å². The predicted molar refractivity (Wildman–Crippen MR) is 102 cm³/mol. The van der Waals surface area contributed by atoms with Crippen molar-refractivity contribution in [2.75, 3.05) is 13.1 Å². The smallest absolute Gasteiger partial charge is 0.335 e. The van der Waals surface area contributed by atoms with Gasteiger partial charge in [0.15, 0.2) is 0 Å². The number of likely N-dealkylation sites (N-methyl/N-ethyl adjacent to an activating group) is 1. The maximum Gasteiger partial charge on any atom is 0.335 e. The molecule has 2 N–H and O–H groups in total. The molecule has 2 aromatic carbocycles. The fourth-order valence-electron chi connectivity index (χ4n) is 2.75. The Kier molecular flexibility index (Phi) is 7.55. The molecule has 0 spiro atoms. The maximum atomic E-state index is 12.3. The van der Waals surface area contributed by atoms with Crippen molar-refractivity contribution in [3.05, 3.63) is 71.3 Å². The van der Waals surface area contributed by atoms with Gasteiger partial charge in [-0.05, 0) is 30.5 Å². The highest BCUT2D eigenvalue weighted by Gasteiger charge is 2.14. The first-order valence-electron chi connectivity index (χ1n) is 8.90. The lowest BCUT2D eigenvalue weighted by Gasteiger charge is -2.21. The van der Waals surface area contributed by atoms with Crippen LogP contribution in [0.1, 0.15) is 34.8 Å². The van der Waals surface area contributed by atoms with Crippen LogP contribution in [0.2, 0.25) is 0 Å². The zero-order chi connectivity index (χ0) is 19.6. The molecule has 6 heteroatoms. The third-order valence-electron chi connectivity index (χ3n) is 4.26. The van der Waals surface area contributed by atoms with Crippen LogP contribution in [0, 0.1) is 0 Å². The van der Waals surface area contributed by atoms with Crippen LogP contribution in [0.3, 0.4) is 0 Å². The van der Waals surface area contributed by atoms with Gasteiger partial charge >= 0.3 is 5.97 Å². The summed E-state index contributed by atoms with van der Waals surface area (Å²) in [6.07, 6.45) is 0.437. The van der Waals surface area contributed by atoms with E-state index in [0.29, 0.717) is 25.1 Å². The molecule has 2 rings (SSSR count). The van der Waals surface area contributed by atoms with Crippen LogP contribution in [-0.4, -0.2) is 40.9 Å². The van der Waals surface area contributed by atoms with Gasteiger partial charge in [-0.1, -0.05) is 48.5 Å². The van der Waals surface area contributed by atoms with Crippen LogP contribution in [0.5, 0.6) is 0 Å². The van der Waals surface area contributed by atoms with Crippen molar-refractivity contribution in [3.63, 3.8) is 0 Å². The first-order valence-corrected chi connectivity index (χ1v) is 8.90. The topological polar surface area (TPSA) is 86.7 Å². The van der Waals surface area contributed by atoms with Crippen LogP contribution in [-0.2, 0) is 22.6 Å². The summed E-state index contributed by atoms with van der Waals surface area (Å²) in [5, 5.41) is 11.8. The fourth-order valence-corrected chi connectivity index (χ4v) is 2.75. The molecule has 0 atom stereocenters. The monoisotopic (exact) mass is 368 g/mol. The van der Waals surface area contributed by atoms with Gasteiger partial charge in [0.1, 0.15) is 0 Å². The quantitative estimate of drug-likeness (QED) is 0.712. The van der Waals surface area contributed by atoms with Crippen LogP contribution < -0.4 is 5.32 Å².